The van der Waals surface area contributed by atoms with Gasteiger partial charge in [0.15, 0.2) is 0 Å². The predicted octanol–water partition coefficient (Wildman–Crippen LogP) is 3.27. The standard InChI is InChI=1S/C13H14BrFN2O2S2/c1-2-8-3-4-20-12(8)7-17-21(18,19)13-6-11(16)9(14)5-10(13)15/h3-6,17H,2,7,16H2,1H3. The van der Waals surface area contributed by atoms with Gasteiger partial charge in [-0.05, 0) is 51.5 Å². The lowest BCUT2D eigenvalue weighted by molar-refractivity contribution is 0.557. The molecule has 0 amide bonds. The smallest absolute Gasteiger partial charge is 0.243 e. The van der Waals surface area contributed by atoms with Crippen LogP contribution in [0.5, 0.6) is 0 Å². The SMILES string of the molecule is CCc1ccsc1CNS(=O)(=O)c1cc(N)c(Br)cc1F. The van der Waals surface area contributed by atoms with Crippen molar-refractivity contribution in [1.82, 2.24) is 4.72 Å². The highest BCUT2D eigenvalue weighted by Gasteiger charge is 2.21. The summed E-state index contributed by atoms with van der Waals surface area (Å²) in [4.78, 5) is 0.476. The average molecular weight is 393 g/mol. The number of halogens is 2. The Kier molecular flexibility index (Phi) is 5.03. The first kappa shape index (κ1) is 16.4. The monoisotopic (exact) mass is 392 g/mol. The number of nitrogens with two attached hydrogens (primary N) is 1. The van der Waals surface area contributed by atoms with Gasteiger partial charge in [-0.1, -0.05) is 6.92 Å². The van der Waals surface area contributed by atoms with Crippen molar-refractivity contribution in [3.8, 4) is 0 Å². The maximum atomic E-state index is 13.8. The van der Waals surface area contributed by atoms with Crippen LogP contribution in [-0.2, 0) is 23.0 Å². The first-order valence-electron chi connectivity index (χ1n) is 6.14. The predicted molar refractivity (Wildman–Crippen MR) is 86.2 cm³/mol. The lowest BCUT2D eigenvalue weighted by atomic mass is 10.2. The van der Waals surface area contributed by atoms with E-state index in [0.29, 0.717) is 4.47 Å². The summed E-state index contributed by atoms with van der Waals surface area (Å²) in [5.41, 5.74) is 6.87. The third-order valence-electron chi connectivity index (χ3n) is 2.98. The Balaban J connectivity index is 2.25. The minimum atomic E-state index is -3.95. The molecule has 0 spiro atoms. The highest BCUT2D eigenvalue weighted by atomic mass is 79.9. The molecule has 0 saturated heterocycles. The van der Waals surface area contributed by atoms with E-state index in [2.05, 4.69) is 20.7 Å². The number of nitrogens with one attached hydrogen (secondary N) is 1. The molecule has 0 atom stereocenters. The van der Waals surface area contributed by atoms with E-state index < -0.39 is 20.7 Å². The lowest BCUT2D eigenvalue weighted by Crippen LogP contribution is -2.24. The van der Waals surface area contributed by atoms with Crippen molar-refractivity contribution in [3.63, 3.8) is 0 Å². The van der Waals surface area contributed by atoms with Crippen molar-refractivity contribution < 1.29 is 12.8 Å². The summed E-state index contributed by atoms with van der Waals surface area (Å²) >= 11 is 4.52. The fraction of sp³-hybridized carbons (Fsp3) is 0.231. The second-order valence-electron chi connectivity index (χ2n) is 4.35. The van der Waals surface area contributed by atoms with E-state index in [1.54, 1.807) is 0 Å². The van der Waals surface area contributed by atoms with Crippen LogP contribution in [0.15, 0.2) is 32.9 Å². The number of anilines is 1. The Morgan fingerprint density at radius 3 is 2.81 bits per heavy atom. The third kappa shape index (κ3) is 3.63. The van der Waals surface area contributed by atoms with Gasteiger partial charge in [0.05, 0.1) is 0 Å². The second kappa shape index (κ2) is 6.43. The largest absolute Gasteiger partial charge is 0.398 e. The number of hydrogen-bond donors (Lipinski definition) is 2. The molecule has 1 heterocycles. The van der Waals surface area contributed by atoms with Crippen LogP contribution < -0.4 is 10.5 Å². The van der Waals surface area contributed by atoms with E-state index in [-0.39, 0.29) is 12.2 Å². The molecule has 4 nitrogen and oxygen atoms in total. The molecule has 1 aromatic heterocycles. The normalized spacial score (nSPS) is 11.8. The fourth-order valence-electron chi connectivity index (χ4n) is 1.83. The van der Waals surface area contributed by atoms with Crippen LogP contribution in [-0.4, -0.2) is 8.42 Å². The van der Waals surface area contributed by atoms with E-state index in [1.165, 1.54) is 11.3 Å². The van der Waals surface area contributed by atoms with Crippen molar-refractivity contribution >= 4 is 43.0 Å². The Morgan fingerprint density at radius 2 is 2.14 bits per heavy atom. The summed E-state index contributed by atoms with van der Waals surface area (Å²) in [7, 11) is -3.95. The van der Waals surface area contributed by atoms with E-state index in [4.69, 9.17) is 5.73 Å². The van der Waals surface area contributed by atoms with Gasteiger partial charge in [0.1, 0.15) is 10.7 Å². The van der Waals surface area contributed by atoms with Crippen molar-refractivity contribution in [1.29, 1.82) is 0 Å². The second-order valence-corrected chi connectivity index (χ2v) is 7.94. The van der Waals surface area contributed by atoms with Gasteiger partial charge in [0.2, 0.25) is 10.0 Å². The fourth-order valence-corrected chi connectivity index (χ4v) is 4.24. The van der Waals surface area contributed by atoms with Crippen LogP contribution in [0.3, 0.4) is 0 Å². The highest BCUT2D eigenvalue weighted by molar-refractivity contribution is 9.10. The van der Waals surface area contributed by atoms with E-state index in [0.717, 1.165) is 29.0 Å². The van der Waals surface area contributed by atoms with E-state index >= 15 is 0 Å². The van der Waals surface area contributed by atoms with Crippen LogP contribution in [0.25, 0.3) is 0 Å². The molecule has 0 aliphatic rings. The first-order valence-corrected chi connectivity index (χ1v) is 9.30. The van der Waals surface area contributed by atoms with Crippen molar-refractivity contribution in [2.24, 2.45) is 0 Å². The molecule has 0 fully saturated rings. The number of nitrogen functional groups attached to an aromatic ring is 1. The van der Waals surface area contributed by atoms with Crippen LogP contribution in [0.4, 0.5) is 10.1 Å². The Morgan fingerprint density at radius 1 is 1.43 bits per heavy atom. The molecule has 0 saturated carbocycles. The molecule has 3 N–H and O–H groups in total. The molecule has 2 rings (SSSR count). The quantitative estimate of drug-likeness (QED) is 0.766. The minimum Gasteiger partial charge on any atom is -0.398 e. The number of benzene rings is 1. The lowest BCUT2D eigenvalue weighted by Gasteiger charge is -2.09. The van der Waals surface area contributed by atoms with Gasteiger partial charge in [0, 0.05) is 21.6 Å². The van der Waals surface area contributed by atoms with Gasteiger partial charge < -0.3 is 5.73 Å². The number of sulfonamides is 1. The first-order chi connectivity index (χ1) is 9.85. The summed E-state index contributed by atoms with van der Waals surface area (Å²) in [6.07, 6.45) is 0.820. The van der Waals surface area contributed by atoms with Crippen molar-refractivity contribution in [3.05, 3.63) is 44.3 Å². The van der Waals surface area contributed by atoms with Crippen LogP contribution in [0, 0.1) is 5.82 Å². The molecule has 0 radical (unpaired) electrons. The van der Waals surface area contributed by atoms with Gasteiger partial charge >= 0.3 is 0 Å². The number of hydrogen-bond acceptors (Lipinski definition) is 4. The molecule has 21 heavy (non-hydrogen) atoms. The van der Waals surface area contributed by atoms with Crippen LogP contribution in [0.2, 0.25) is 0 Å². The van der Waals surface area contributed by atoms with Crippen molar-refractivity contribution in [2.75, 3.05) is 5.73 Å². The molecule has 8 heteroatoms. The molecule has 2 aromatic rings. The Bertz CT molecular complexity index is 760. The van der Waals surface area contributed by atoms with Gasteiger partial charge in [-0.25, -0.2) is 17.5 Å². The zero-order chi connectivity index (χ0) is 15.6. The minimum absolute atomic E-state index is 0.137. The summed E-state index contributed by atoms with van der Waals surface area (Å²) in [5, 5.41) is 1.90. The van der Waals surface area contributed by atoms with Gasteiger partial charge in [0.25, 0.3) is 0 Å². The maximum absolute atomic E-state index is 13.8. The Hall–Kier alpha value is -0.960. The summed E-state index contributed by atoms with van der Waals surface area (Å²) < 4.78 is 41.0. The van der Waals surface area contributed by atoms with E-state index in [1.807, 2.05) is 18.4 Å². The summed E-state index contributed by atoms with van der Waals surface area (Å²) in [6, 6.07) is 4.11. The molecule has 0 bridgehead atoms. The molecule has 114 valence electrons. The molecular weight excluding hydrogens is 379 g/mol. The number of aryl methyl sites for hydroxylation is 1. The van der Waals surface area contributed by atoms with Gasteiger partial charge in [-0.2, -0.15) is 0 Å². The summed E-state index contributed by atoms with van der Waals surface area (Å²) in [5.74, 6) is -0.842. The molecule has 0 aliphatic heterocycles. The van der Waals surface area contributed by atoms with Crippen molar-refractivity contribution in [2.45, 2.75) is 24.8 Å². The number of thiophene rings is 1. The highest BCUT2D eigenvalue weighted by Crippen LogP contribution is 2.26. The van der Waals surface area contributed by atoms with E-state index in [9.17, 15) is 12.8 Å². The van der Waals surface area contributed by atoms with Crippen LogP contribution >= 0.6 is 27.3 Å². The zero-order valence-corrected chi connectivity index (χ0v) is 14.4. The van der Waals surface area contributed by atoms with Gasteiger partial charge in [-0.15, -0.1) is 11.3 Å². The van der Waals surface area contributed by atoms with Crippen LogP contribution in [0.1, 0.15) is 17.4 Å². The average Bonchev–Trinajstić information content (AvgIpc) is 2.88. The summed E-state index contributed by atoms with van der Waals surface area (Å²) in [6.45, 7) is 2.13. The molecule has 0 aliphatic carbocycles. The molecular formula is C13H14BrFN2O2S2. The zero-order valence-electron chi connectivity index (χ0n) is 11.2. The third-order valence-corrected chi connectivity index (χ3v) is 6.05. The topological polar surface area (TPSA) is 72.2 Å². The molecule has 1 aromatic carbocycles. The number of rotatable bonds is 5. The van der Waals surface area contributed by atoms with Gasteiger partial charge in [-0.3, -0.25) is 0 Å². The molecule has 0 unspecified atom stereocenters. The maximum Gasteiger partial charge on any atom is 0.243 e. The Labute approximate surface area is 135 Å².